The van der Waals surface area contributed by atoms with Gasteiger partial charge >= 0.3 is 0 Å². The summed E-state index contributed by atoms with van der Waals surface area (Å²) in [6.07, 6.45) is 0. The molecule has 0 radical (unpaired) electrons. The molecule has 100 valence electrons. The number of hydrogen-bond acceptors (Lipinski definition) is 5. The summed E-state index contributed by atoms with van der Waals surface area (Å²) in [6.45, 7) is 0.400. The van der Waals surface area contributed by atoms with Crippen LogP contribution in [0.15, 0.2) is 29.4 Å². The van der Waals surface area contributed by atoms with Gasteiger partial charge in [0.25, 0.3) is 0 Å². The van der Waals surface area contributed by atoms with Gasteiger partial charge in [0.1, 0.15) is 12.4 Å². The Labute approximate surface area is 114 Å². The first-order valence-electron chi connectivity index (χ1n) is 5.86. The lowest BCUT2D eigenvalue weighted by Gasteiger charge is -2.26. The van der Waals surface area contributed by atoms with Gasteiger partial charge in [-0.3, -0.25) is 0 Å². The topological polar surface area (TPSA) is 52.0 Å². The molecule has 1 unspecified atom stereocenters. The molecule has 2 heterocycles. The summed E-state index contributed by atoms with van der Waals surface area (Å²) >= 11 is 1.62. The highest BCUT2D eigenvalue weighted by atomic mass is 32.2. The molecule has 0 spiro atoms. The summed E-state index contributed by atoms with van der Waals surface area (Å²) < 4.78 is 19.9. The Balaban J connectivity index is 1.84. The molecule has 1 atom stereocenters. The lowest BCUT2D eigenvalue weighted by Crippen LogP contribution is -2.29. The average Bonchev–Trinajstić information content (AvgIpc) is 2.83. The molecule has 7 heteroatoms. The van der Waals surface area contributed by atoms with Crippen molar-refractivity contribution in [2.75, 3.05) is 18.3 Å². The zero-order valence-electron chi connectivity index (χ0n) is 10.3. The molecule has 0 aliphatic carbocycles. The van der Waals surface area contributed by atoms with E-state index in [1.54, 1.807) is 31.0 Å². The maximum absolute atomic E-state index is 12.9. The van der Waals surface area contributed by atoms with Crippen molar-refractivity contribution in [1.29, 1.82) is 0 Å². The summed E-state index contributed by atoms with van der Waals surface area (Å²) in [5.41, 5.74) is 4.37. The van der Waals surface area contributed by atoms with Crippen LogP contribution in [-0.2, 0) is 11.3 Å². The molecule has 1 aromatic heterocycles. The highest BCUT2D eigenvalue weighted by molar-refractivity contribution is 7.99. The van der Waals surface area contributed by atoms with Crippen LogP contribution in [-0.4, -0.2) is 27.7 Å². The molecule has 2 aromatic rings. The number of methoxy groups -OCH3 is 1. The van der Waals surface area contributed by atoms with Gasteiger partial charge in [-0.05, 0) is 17.7 Å². The fourth-order valence-electron chi connectivity index (χ4n) is 1.96. The maximum atomic E-state index is 12.9. The zero-order valence-corrected chi connectivity index (χ0v) is 11.2. The summed E-state index contributed by atoms with van der Waals surface area (Å²) in [5.74, 6) is 1.34. The molecule has 5 nitrogen and oxygen atoms in total. The fourth-order valence-corrected chi connectivity index (χ4v) is 2.93. The second-order valence-corrected chi connectivity index (χ2v) is 5.20. The van der Waals surface area contributed by atoms with E-state index in [-0.39, 0.29) is 11.9 Å². The molecule has 1 N–H and O–H groups in total. The first-order chi connectivity index (χ1) is 9.28. The fraction of sp³-hybridized carbons (Fsp3) is 0.333. The highest BCUT2D eigenvalue weighted by Gasteiger charge is 2.23. The van der Waals surface area contributed by atoms with E-state index in [2.05, 4.69) is 15.6 Å². The molecule has 0 amide bonds. The van der Waals surface area contributed by atoms with Gasteiger partial charge in [-0.25, -0.2) is 9.07 Å². The Hall–Kier alpha value is -1.60. The molecule has 0 saturated carbocycles. The van der Waals surface area contributed by atoms with Gasteiger partial charge in [0.15, 0.2) is 5.82 Å². The van der Waals surface area contributed by atoms with E-state index in [0.29, 0.717) is 6.61 Å². The van der Waals surface area contributed by atoms with Crippen molar-refractivity contribution in [3.8, 4) is 0 Å². The molecule has 19 heavy (non-hydrogen) atoms. The van der Waals surface area contributed by atoms with Gasteiger partial charge in [0.05, 0.1) is 6.04 Å². The molecule has 3 rings (SSSR count). The monoisotopic (exact) mass is 280 g/mol. The molecule has 0 bridgehead atoms. The number of hydrogen-bond donors (Lipinski definition) is 1. The Kier molecular flexibility index (Phi) is 3.39. The zero-order chi connectivity index (χ0) is 13.2. The normalized spacial score (nSPS) is 17.9. The Morgan fingerprint density at radius 2 is 2.21 bits per heavy atom. The number of thioether (sulfide) groups is 1. The Morgan fingerprint density at radius 1 is 1.42 bits per heavy atom. The van der Waals surface area contributed by atoms with Crippen LogP contribution in [0.5, 0.6) is 0 Å². The molecular weight excluding hydrogens is 267 g/mol. The maximum Gasteiger partial charge on any atom is 0.210 e. The van der Waals surface area contributed by atoms with Crippen molar-refractivity contribution in [3.05, 3.63) is 41.5 Å². The first kappa shape index (κ1) is 12.4. The molecular formula is C12H13FN4OS. The van der Waals surface area contributed by atoms with Crippen molar-refractivity contribution >= 4 is 11.8 Å². The molecule has 1 aliphatic heterocycles. The van der Waals surface area contributed by atoms with Crippen LogP contribution in [0.25, 0.3) is 0 Å². The third kappa shape index (κ3) is 2.43. The average molecular weight is 280 g/mol. The number of ether oxygens (including phenoxy) is 1. The van der Waals surface area contributed by atoms with E-state index in [4.69, 9.17) is 4.74 Å². The lowest BCUT2D eigenvalue weighted by molar-refractivity contribution is 0.174. The van der Waals surface area contributed by atoms with Crippen LogP contribution in [0.1, 0.15) is 17.4 Å². The van der Waals surface area contributed by atoms with Crippen LogP contribution in [0.4, 0.5) is 4.39 Å². The molecule has 1 aliphatic rings. The second kappa shape index (κ2) is 5.18. The largest absolute Gasteiger partial charge is 0.377 e. The number of benzene rings is 1. The summed E-state index contributed by atoms with van der Waals surface area (Å²) in [5, 5.41) is 8.99. The Morgan fingerprint density at radius 3 is 2.95 bits per heavy atom. The quantitative estimate of drug-likeness (QED) is 0.931. The number of nitrogens with one attached hydrogen (secondary N) is 1. The number of halogens is 1. The van der Waals surface area contributed by atoms with E-state index in [1.165, 1.54) is 12.1 Å². The van der Waals surface area contributed by atoms with E-state index < -0.39 is 0 Å². The summed E-state index contributed by atoms with van der Waals surface area (Å²) in [7, 11) is 1.62. The van der Waals surface area contributed by atoms with E-state index in [0.717, 1.165) is 22.3 Å². The highest BCUT2D eigenvalue weighted by Crippen LogP contribution is 2.29. The van der Waals surface area contributed by atoms with Crippen LogP contribution in [0.2, 0.25) is 0 Å². The van der Waals surface area contributed by atoms with Gasteiger partial charge < -0.3 is 10.2 Å². The van der Waals surface area contributed by atoms with E-state index in [9.17, 15) is 4.39 Å². The third-order valence-electron chi connectivity index (χ3n) is 2.91. The van der Waals surface area contributed by atoms with Crippen molar-refractivity contribution in [1.82, 2.24) is 14.9 Å². The summed E-state index contributed by atoms with van der Waals surface area (Å²) in [4.78, 5) is 0. The van der Waals surface area contributed by atoms with Crippen LogP contribution in [0, 0.1) is 5.82 Å². The van der Waals surface area contributed by atoms with E-state index >= 15 is 0 Å². The van der Waals surface area contributed by atoms with Gasteiger partial charge in [-0.2, -0.15) is 0 Å². The standard InChI is InChI=1S/C12H13FN4OS/c1-18-6-11-14-15-12-17(11)16-10(7-19-12)8-2-4-9(13)5-3-8/h2-5,10,16H,6-7H2,1H3. The molecule has 1 aromatic carbocycles. The summed E-state index contributed by atoms with van der Waals surface area (Å²) in [6, 6.07) is 6.63. The van der Waals surface area contributed by atoms with Crippen molar-refractivity contribution in [2.45, 2.75) is 17.8 Å². The van der Waals surface area contributed by atoms with Crippen molar-refractivity contribution in [3.63, 3.8) is 0 Å². The second-order valence-electron chi connectivity index (χ2n) is 4.21. The number of aromatic nitrogens is 3. The third-order valence-corrected chi connectivity index (χ3v) is 3.93. The van der Waals surface area contributed by atoms with Crippen molar-refractivity contribution < 1.29 is 9.13 Å². The van der Waals surface area contributed by atoms with Gasteiger partial charge in [-0.1, -0.05) is 23.9 Å². The number of nitrogens with zero attached hydrogens (tertiary/aromatic N) is 3. The minimum atomic E-state index is -0.225. The number of fused-ring (bicyclic) bond motifs is 1. The minimum Gasteiger partial charge on any atom is -0.377 e. The first-order valence-corrected chi connectivity index (χ1v) is 6.84. The van der Waals surface area contributed by atoms with E-state index in [1.807, 2.05) is 4.68 Å². The van der Waals surface area contributed by atoms with Crippen LogP contribution < -0.4 is 5.43 Å². The van der Waals surface area contributed by atoms with Crippen LogP contribution in [0.3, 0.4) is 0 Å². The van der Waals surface area contributed by atoms with Gasteiger partial charge in [0, 0.05) is 12.9 Å². The molecule has 0 fully saturated rings. The Bertz CT molecular complexity index is 572. The van der Waals surface area contributed by atoms with Gasteiger partial charge in [0.2, 0.25) is 5.16 Å². The lowest BCUT2D eigenvalue weighted by atomic mass is 10.1. The predicted octanol–water partition coefficient (Wildman–Crippen LogP) is 1.95. The predicted molar refractivity (Wildman–Crippen MR) is 70.0 cm³/mol. The van der Waals surface area contributed by atoms with Gasteiger partial charge in [-0.15, -0.1) is 10.2 Å². The molecule has 0 saturated heterocycles. The SMILES string of the molecule is COCc1nnc2n1NC(c1ccc(F)cc1)CS2. The smallest absolute Gasteiger partial charge is 0.210 e. The minimum absolute atomic E-state index is 0.102. The van der Waals surface area contributed by atoms with Crippen LogP contribution >= 0.6 is 11.8 Å². The number of rotatable bonds is 3. The van der Waals surface area contributed by atoms with Crippen molar-refractivity contribution in [2.24, 2.45) is 0 Å².